The molecule has 1 aromatic heterocycles. The molecule has 6 nitrogen and oxygen atoms in total. The molecule has 1 saturated heterocycles. The third-order valence-electron chi connectivity index (χ3n) is 3.97. The summed E-state index contributed by atoms with van der Waals surface area (Å²) in [5.74, 6) is 0.411. The molecule has 1 N–H and O–H groups in total. The van der Waals surface area contributed by atoms with E-state index in [-0.39, 0.29) is 11.9 Å². The van der Waals surface area contributed by atoms with Gasteiger partial charge in [-0.2, -0.15) is 0 Å². The first-order valence-corrected chi connectivity index (χ1v) is 8.75. The van der Waals surface area contributed by atoms with Gasteiger partial charge in [0.05, 0.1) is 5.69 Å². The van der Waals surface area contributed by atoms with Gasteiger partial charge in [-0.25, -0.2) is 9.78 Å². The van der Waals surface area contributed by atoms with Crippen LogP contribution >= 0.6 is 11.8 Å². The smallest absolute Gasteiger partial charge is 0.324 e. The molecular formula is C17H20N4O2S. The fourth-order valence-corrected chi connectivity index (χ4v) is 3.55. The molecule has 2 heterocycles. The molecule has 0 radical (unpaired) electrons. The highest BCUT2D eigenvalue weighted by atomic mass is 32.2. The monoisotopic (exact) mass is 344 g/mol. The number of aryl methyl sites for hydroxylation is 1. The number of rotatable bonds is 5. The Morgan fingerprint density at radius 3 is 2.67 bits per heavy atom. The molecule has 7 heteroatoms. The van der Waals surface area contributed by atoms with Crippen molar-refractivity contribution < 1.29 is 9.59 Å². The van der Waals surface area contributed by atoms with Gasteiger partial charge >= 0.3 is 6.03 Å². The molecule has 0 spiro atoms. The van der Waals surface area contributed by atoms with Crippen LogP contribution in [0.2, 0.25) is 0 Å². The predicted octanol–water partition coefficient (Wildman–Crippen LogP) is 2.60. The molecule has 24 heavy (non-hydrogen) atoms. The number of amides is 3. The summed E-state index contributed by atoms with van der Waals surface area (Å²) < 4.78 is 2.02. The maximum Gasteiger partial charge on any atom is 0.325 e. The lowest BCUT2D eigenvalue weighted by molar-refractivity contribution is -0.130. The summed E-state index contributed by atoms with van der Waals surface area (Å²) >= 11 is 1.53. The zero-order valence-electron chi connectivity index (χ0n) is 13.9. The minimum Gasteiger partial charge on any atom is -0.324 e. The van der Waals surface area contributed by atoms with Gasteiger partial charge in [0.25, 0.3) is 5.91 Å². The largest absolute Gasteiger partial charge is 0.325 e. The SMILES string of the molecule is Cc1ccccc1-n1ccnc1SCCN1C(=O)NC(C)(C)C1=O. The Kier molecular flexibility index (Phi) is 4.36. The van der Waals surface area contributed by atoms with Gasteiger partial charge in [0.2, 0.25) is 0 Å². The Balaban J connectivity index is 1.67. The summed E-state index contributed by atoms with van der Waals surface area (Å²) in [6, 6.07) is 7.77. The fourth-order valence-electron chi connectivity index (χ4n) is 2.66. The third kappa shape index (κ3) is 3.03. The molecule has 1 aliphatic rings. The Hall–Kier alpha value is -2.28. The molecule has 1 fully saturated rings. The molecule has 0 aliphatic carbocycles. The van der Waals surface area contributed by atoms with Crippen LogP contribution in [0, 0.1) is 6.92 Å². The van der Waals surface area contributed by atoms with E-state index in [0.29, 0.717) is 12.3 Å². The van der Waals surface area contributed by atoms with Crippen LogP contribution in [0.1, 0.15) is 19.4 Å². The van der Waals surface area contributed by atoms with Crippen molar-refractivity contribution in [3.8, 4) is 5.69 Å². The molecule has 3 amide bonds. The van der Waals surface area contributed by atoms with Crippen LogP contribution < -0.4 is 5.32 Å². The first-order chi connectivity index (χ1) is 11.4. The number of imidazole rings is 1. The van der Waals surface area contributed by atoms with Gasteiger partial charge in [0, 0.05) is 24.7 Å². The molecule has 126 valence electrons. The number of nitrogens with zero attached hydrogens (tertiary/aromatic N) is 3. The van der Waals surface area contributed by atoms with Crippen LogP contribution in [0.3, 0.4) is 0 Å². The highest BCUT2D eigenvalue weighted by Gasteiger charge is 2.43. The minimum absolute atomic E-state index is 0.185. The Bertz CT molecular complexity index is 784. The van der Waals surface area contributed by atoms with Crippen molar-refractivity contribution >= 4 is 23.7 Å². The summed E-state index contributed by atoms with van der Waals surface area (Å²) in [7, 11) is 0. The average molecular weight is 344 g/mol. The van der Waals surface area contributed by atoms with E-state index in [1.807, 2.05) is 29.0 Å². The van der Waals surface area contributed by atoms with Crippen molar-refractivity contribution in [2.75, 3.05) is 12.3 Å². The number of carbonyl (C=O) groups excluding carboxylic acids is 2. The van der Waals surface area contributed by atoms with Crippen LogP contribution in [0.25, 0.3) is 5.69 Å². The first-order valence-electron chi connectivity index (χ1n) is 7.76. The number of urea groups is 1. The topological polar surface area (TPSA) is 67.2 Å². The maximum atomic E-state index is 12.2. The van der Waals surface area contributed by atoms with E-state index < -0.39 is 5.54 Å². The van der Waals surface area contributed by atoms with E-state index in [1.54, 1.807) is 20.0 Å². The first kappa shape index (κ1) is 16.6. The zero-order chi connectivity index (χ0) is 17.3. The normalized spacial score (nSPS) is 16.5. The number of carbonyl (C=O) groups is 2. The Morgan fingerprint density at radius 2 is 2.00 bits per heavy atom. The lowest BCUT2D eigenvalue weighted by Gasteiger charge is -2.16. The van der Waals surface area contributed by atoms with E-state index in [9.17, 15) is 9.59 Å². The van der Waals surface area contributed by atoms with Crippen molar-refractivity contribution in [2.24, 2.45) is 0 Å². The third-order valence-corrected chi connectivity index (χ3v) is 4.92. The molecule has 1 aliphatic heterocycles. The minimum atomic E-state index is -0.818. The Labute approximate surface area is 145 Å². The highest BCUT2D eigenvalue weighted by molar-refractivity contribution is 7.99. The molecule has 2 aromatic rings. The molecule has 0 unspecified atom stereocenters. The number of nitrogens with one attached hydrogen (secondary N) is 1. The van der Waals surface area contributed by atoms with Gasteiger partial charge in [-0.3, -0.25) is 14.3 Å². The van der Waals surface area contributed by atoms with Crippen molar-refractivity contribution in [2.45, 2.75) is 31.5 Å². The predicted molar refractivity (Wildman–Crippen MR) is 93.3 cm³/mol. The number of imide groups is 1. The second-order valence-electron chi connectivity index (χ2n) is 6.23. The maximum absolute atomic E-state index is 12.2. The number of aromatic nitrogens is 2. The highest BCUT2D eigenvalue weighted by Crippen LogP contribution is 2.23. The van der Waals surface area contributed by atoms with E-state index in [0.717, 1.165) is 16.4 Å². The van der Waals surface area contributed by atoms with Crippen molar-refractivity contribution in [1.82, 2.24) is 19.8 Å². The summed E-state index contributed by atoms with van der Waals surface area (Å²) in [6.07, 6.45) is 3.67. The van der Waals surface area contributed by atoms with Crippen LogP contribution in [-0.4, -0.2) is 44.2 Å². The van der Waals surface area contributed by atoms with Gasteiger partial charge in [-0.05, 0) is 32.4 Å². The summed E-state index contributed by atoms with van der Waals surface area (Å²) in [5.41, 5.74) is 1.42. The molecule has 0 atom stereocenters. The lowest BCUT2D eigenvalue weighted by atomic mass is 10.1. The van der Waals surface area contributed by atoms with Gasteiger partial charge in [-0.15, -0.1) is 0 Å². The fraction of sp³-hybridized carbons (Fsp3) is 0.353. The second kappa shape index (κ2) is 6.32. The zero-order valence-corrected chi connectivity index (χ0v) is 14.8. The number of thioether (sulfide) groups is 1. The quantitative estimate of drug-likeness (QED) is 0.669. The summed E-state index contributed by atoms with van der Waals surface area (Å²) in [5, 5.41) is 3.53. The van der Waals surface area contributed by atoms with Crippen LogP contribution in [0.4, 0.5) is 4.79 Å². The van der Waals surface area contributed by atoms with E-state index in [2.05, 4.69) is 23.3 Å². The van der Waals surface area contributed by atoms with E-state index >= 15 is 0 Å². The lowest BCUT2D eigenvalue weighted by Crippen LogP contribution is -2.40. The number of para-hydroxylation sites is 1. The van der Waals surface area contributed by atoms with Crippen molar-refractivity contribution in [1.29, 1.82) is 0 Å². The molecule has 1 aromatic carbocycles. The van der Waals surface area contributed by atoms with Gasteiger partial charge < -0.3 is 5.32 Å². The van der Waals surface area contributed by atoms with Gasteiger partial charge in [0.1, 0.15) is 5.54 Å². The van der Waals surface area contributed by atoms with Gasteiger partial charge in [-0.1, -0.05) is 30.0 Å². The van der Waals surface area contributed by atoms with Crippen LogP contribution in [0.5, 0.6) is 0 Å². The second-order valence-corrected chi connectivity index (χ2v) is 7.29. The summed E-state index contributed by atoms with van der Waals surface area (Å²) in [4.78, 5) is 29.7. The molecule has 3 rings (SSSR count). The number of benzene rings is 1. The van der Waals surface area contributed by atoms with Crippen LogP contribution in [-0.2, 0) is 4.79 Å². The average Bonchev–Trinajstić information content (AvgIpc) is 3.05. The number of hydrogen-bond donors (Lipinski definition) is 1. The molecular weight excluding hydrogens is 324 g/mol. The van der Waals surface area contributed by atoms with Crippen molar-refractivity contribution in [3.63, 3.8) is 0 Å². The van der Waals surface area contributed by atoms with Gasteiger partial charge in [0.15, 0.2) is 5.16 Å². The molecule has 0 bridgehead atoms. The molecule has 0 saturated carbocycles. The van der Waals surface area contributed by atoms with Crippen molar-refractivity contribution in [3.05, 3.63) is 42.2 Å². The van der Waals surface area contributed by atoms with E-state index in [4.69, 9.17) is 0 Å². The number of hydrogen-bond acceptors (Lipinski definition) is 4. The Morgan fingerprint density at radius 1 is 1.25 bits per heavy atom. The summed E-state index contributed by atoms with van der Waals surface area (Å²) in [6.45, 7) is 5.84. The standard InChI is InChI=1S/C17H20N4O2S/c1-12-6-4-5-7-13(12)20-9-8-18-16(20)24-11-10-21-14(22)17(2,3)19-15(21)23/h4-9H,10-11H2,1-3H3,(H,19,23). The van der Waals surface area contributed by atoms with Crippen LogP contribution in [0.15, 0.2) is 41.8 Å². The van der Waals surface area contributed by atoms with E-state index in [1.165, 1.54) is 16.7 Å².